The molecular formula is C24H21N2O+. The van der Waals surface area contributed by atoms with E-state index in [1.807, 2.05) is 18.2 Å². The molecule has 0 fully saturated rings. The van der Waals surface area contributed by atoms with E-state index in [1.165, 1.54) is 27.2 Å². The summed E-state index contributed by atoms with van der Waals surface area (Å²) in [4.78, 5) is 0. The molecule has 0 saturated heterocycles. The van der Waals surface area contributed by atoms with Crippen molar-refractivity contribution in [3.8, 4) is 11.6 Å². The van der Waals surface area contributed by atoms with Crippen molar-refractivity contribution in [2.75, 3.05) is 0 Å². The third-order valence-corrected chi connectivity index (χ3v) is 5.37. The highest BCUT2D eigenvalue weighted by atomic mass is 16.5. The van der Waals surface area contributed by atoms with Gasteiger partial charge in [-0.3, -0.25) is 0 Å². The molecule has 3 aromatic carbocycles. The molecule has 3 nitrogen and oxygen atoms in total. The maximum atomic E-state index is 6.30. The molecule has 3 heteroatoms. The highest BCUT2D eigenvalue weighted by Gasteiger charge is 2.23. The lowest BCUT2D eigenvalue weighted by Crippen LogP contribution is -2.28. The first kappa shape index (κ1) is 15.9. The number of imidazole rings is 1. The normalized spacial score (nSPS) is 11.5. The van der Waals surface area contributed by atoms with Gasteiger partial charge in [0.1, 0.15) is 11.3 Å². The van der Waals surface area contributed by atoms with Gasteiger partial charge in [-0.05, 0) is 37.1 Å². The minimum atomic E-state index is 0.824. The molecule has 0 unspecified atom stereocenters. The average molecular weight is 353 g/mol. The lowest BCUT2D eigenvalue weighted by molar-refractivity contribution is -0.648. The molecule has 0 N–H and O–H groups in total. The average Bonchev–Trinajstić information content (AvgIpc) is 3.00. The number of nitrogens with zero attached hydrogens (tertiary/aromatic N) is 2. The Morgan fingerprint density at radius 3 is 2.33 bits per heavy atom. The van der Waals surface area contributed by atoms with Crippen LogP contribution in [-0.4, -0.2) is 4.40 Å². The molecule has 0 aliphatic rings. The number of fused-ring (bicyclic) bond motifs is 6. The summed E-state index contributed by atoms with van der Waals surface area (Å²) in [5.74, 6) is 1.71. The van der Waals surface area contributed by atoms with E-state index in [-0.39, 0.29) is 0 Å². The van der Waals surface area contributed by atoms with Gasteiger partial charge in [0.15, 0.2) is 6.20 Å². The van der Waals surface area contributed by atoms with Crippen molar-refractivity contribution in [2.24, 2.45) is 7.05 Å². The van der Waals surface area contributed by atoms with Crippen LogP contribution in [0.15, 0.2) is 72.9 Å². The number of aryl methyl sites for hydroxylation is 3. The van der Waals surface area contributed by atoms with Crippen LogP contribution < -0.4 is 9.30 Å². The largest absolute Gasteiger partial charge is 0.420 e. The molecule has 27 heavy (non-hydrogen) atoms. The number of hydrogen-bond donors (Lipinski definition) is 0. The van der Waals surface area contributed by atoms with Gasteiger partial charge in [-0.1, -0.05) is 54.6 Å². The van der Waals surface area contributed by atoms with Crippen LogP contribution in [0, 0.1) is 13.8 Å². The van der Waals surface area contributed by atoms with Crippen molar-refractivity contribution in [3.63, 3.8) is 0 Å². The summed E-state index contributed by atoms with van der Waals surface area (Å²) in [5, 5.41) is 3.79. The highest BCUT2D eigenvalue weighted by molar-refractivity contribution is 6.12. The van der Waals surface area contributed by atoms with Gasteiger partial charge in [-0.25, -0.2) is 0 Å². The van der Waals surface area contributed by atoms with Crippen molar-refractivity contribution in [1.82, 2.24) is 4.40 Å². The molecule has 0 saturated carbocycles. The quantitative estimate of drug-likeness (QED) is 0.303. The van der Waals surface area contributed by atoms with Crippen molar-refractivity contribution < 1.29 is 9.30 Å². The number of benzene rings is 3. The summed E-state index contributed by atoms with van der Waals surface area (Å²) in [6.45, 7) is 4.24. The third-order valence-electron chi connectivity index (χ3n) is 5.37. The van der Waals surface area contributed by atoms with Gasteiger partial charge in [0.25, 0.3) is 5.65 Å². The maximum Gasteiger partial charge on any atom is 0.330 e. The van der Waals surface area contributed by atoms with E-state index in [1.54, 1.807) is 0 Å². The zero-order valence-electron chi connectivity index (χ0n) is 15.7. The number of rotatable bonds is 2. The standard InChI is InChI=1S/C24H21N2O/c1-16-9-4-7-14-21(16)27-22-15-26-20-13-6-5-11-18(20)19-12-8-10-17(2)23(19)24(26)25(22)3/h4-15H,1-3H3/q+1. The molecule has 0 aliphatic heterocycles. The zero-order valence-corrected chi connectivity index (χ0v) is 15.7. The molecule has 132 valence electrons. The number of hydrogen-bond acceptors (Lipinski definition) is 1. The second-order valence-corrected chi connectivity index (χ2v) is 7.10. The molecule has 0 spiro atoms. The van der Waals surface area contributed by atoms with E-state index < -0.39 is 0 Å². The minimum absolute atomic E-state index is 0.824. The fraction of sp³-hybridized carbons (Fsp3) is 0.125. The van der Waals surface area contributed by atoms with Crippen LogP contribution in [-0.2, 0) is 7.05 Å². The fourth-order valence-electron chi connectivity index (χ4n) is 3.97. The number of pyridine rings is 1. The maximum absolute atomic E-state index is 6.30. The molecule has 0 aliphatic carbocycles. The molecule has 5 aromatic rings. The summed E-state index contributed by atoms with van der Waals surface area (Å²) in [6, 6.07) is 23.2. The summed E-state index contributed by atoms with van der Waals surface area (Å²) in [7, 11) is 2.07. The third kappa shape index (κ3) is 2.32. The van der Waals surface area contributed by atoms with Crippen LogP contribution in [0.4, 0.5) is 0 Å². The second-order valence-electron chi connectivity index (χ2n) is 7.10. The Labute approximate surface area is 158 Å². The van der Waals surface area contributed by atoms with Gasteiger partial charge in [-0.15, -0.1) is 0 Å². The molecule has 0 amide bonds. The van der Waals surface area contributed by atoms with E-state index in [4.69, 9.17) is 4.74 Å². The molecular weight excluding hydrogens is 332 g/mol. The number of ether oxygens (including phenoxy) is 1. The summed E-state index contributed by atoms with van der Waals surface area (Å²) in [5.41, 5.74) is 4.71. The van der Waals surface area contributed by atoms with E-state index in [0.717, 1.165) is 22.8 Å². The van der Waals surface area contributed by atoms with E-state index in [0.29, 0.717) is 0 Å². The van der Waals surface area contributed by atoms with Crippen molar-refractivity contribution in [2.45, 2.75) is 13.8 Å². The van der Waals surface area contributed by atoms with Crippen LogP contribution in [0.25, 0.3) is 27.3 Å². The van der Waals surface area contributed by atoms with Gasteiger partial charge in [0, 0.05) is 10.8 Å². The fourth-order valence-corrected chi connectivity index (χ4v) is 3.97. The Balaban J connectivity index is 1.89. The smallest absolute Gasteiger partial charge is 0.330 e. The lowest BCUT2D eigenvalue weighted by Gasteiger charge is -2.07. The van der Waals surface area contributed by atoms with Crippen LogP contribution in [0.2, 0.25) is 0 Å². The van der Waals surface area contributed by atoms with Gasteiger partial charge in [0.2, 0.25) is 0 Å². The lowest BCUT2D eigenvalue weighted by atomic mass is 10.0. The topological polar surface area (TPSA) is 17.5 Å². The number of aromatic nitrogens is 2. The Morgan fingerprint density at radius 1 is 0.778 bits per heavy atom. The molecule has 0 atom stereocenters. The monoisotopic (exact) mass is 353 g/mol. The van der Waals surface area contributed by atoms with Gasteiger partial charge < -0.3 is 4.74 Å². The second kappa shape index (κ2) is 5.85. The number of para-hydroxylation sites is 2. The first-order valence-electron chi connectivity index (χ1n) is 9.20. The molecule has 5 rings (SSSR count). The Morgan fingerprint density at radius 2 is 1.48 bits per heavy atom. The van der Waals surface area contributed by atoms with Crippen molar-refractivity contribution >= 4 is 27.3 Å². The Kier molecular flexibility index (Phi) is 3.44. The summed E-state index contributed by atoms with van der Waals surface area (Å²) >= 11 is 0. The first-order valence-corrected chi connectivity index (χ1v) is 9.20. The predicted molar refractivity (Wildman–Crippen MR) is 110 cm³/mol. The molecule has 0 radical (unpaired) electrons. The van der Waals surface area contributed by atoms with Gasteiger partial charge in [-0.2, -0.15) is 8.97 Å². The minimum Gasteiger partial charge on any atom is -0.420 e. The van der Waals surface area contributed by atoms with E-state index in [2.05, 4.69) is 84.6 Å². The van der Waals surface area contributed by atoms with Crippen molar-refractivity contribution in [3.05, 3.63) is 84.1 Å². The molecule has 2 heterocycles. The highest BCUT2D eigenvalue weighted by Crippen LogP contribution is 2.32. The first-order chi connectivity index (χ1) is 13.1. The predicted octanol–water partition coefficient (Wildman–Crippen LogP) is 5.48. The zero-order chi connectivity index (χ0) is 18.5. The molecule has 0 bridgehead atoms. The van der Waals surface area contributed by atoms with Crippen LogP contribution >= 0.6 is 0 Å². The Hall–Kier alpha value is -3.33. The van der Waals surface area contributed by atoms with Crippen LogP contribution in [0.5, 0.6) is 11.6 Å². The van der Waals surface area contributed by atoms with Gasteiger partial charge >= 0.3 is 5.88 Å². The molecule has 2 aromatic heterocycles. The summed E-state index contributed by atoms with van der Waals surface area (Å²) < 4.78 is 10.7. The van der Waals surface area contributed by atoms with Crippen molar-refractivity contribution in [1.29, 1.82) is 0 Å². The van der Waals surface area contributed by atoms with E-state index in [9.17, 15) is 0 Å². The van der Waals surface area contributed by atoms with Crippen LogP contribution in [0.3, 0.4) is 0 Å². The van der Waals surface area contributed by atoms with Crippen LogP contribution in [0.1, 0.15) is 11.1 Å². The SMILES string of the molecule is Cc1ccccc1Oc1cn2c3ccccc3c3cccc(C)c3c2[n+]1C. The van der Waals surface area contributed by atoms with Gasteiger partial charge in [0.05, 0.1) is 12.4 Å². The van der Waals surface area contributed by atoms with E-state index >= 15 is 0 Å². The summed E-state index contributed by atoms with van der Waals surface area (Å²) in [6.07, 6.45) is 2.09. The Bertz CT molecular complexity index is 1330.